The van der Waals surface area contributed by atoms with Crippen molar-refractivity contribution >= 4 is 17.5 Å². The Morgan fingerprint density at radius 1 is 1.29 bits per heavy atom. The van der Waals surface area contributed by atoms with Crippen LogP contribution in [0.3, 0.4) is 0 Å². The van der Waals surface area contributed by atoms with Crippen molar-refractivity contribution in [1.82, 2.24) is 20.6 Å². The predicted octanol–water partition coefficient (Wildman–Crippen LogP) is 3.25. The van der Waals surface area contributed by atoms with Crippen LogP contribution in [0.4, 0.5) is 4.39 Å². The molecule has 0 unspecified atom stereocenters. The number of halogens is 2. The third-order valence-corrected chi connectivity index (χ3v) is 6.51. The van der Waals surface area contributed by atoms with Crippen LogP contribution in [0.5, 0.6) is 0 Å². The predicted molar refractivity (Wildman–Crippen MR) is 128 cm³/mol. The first-order valence-corrected chi connectivity index (χ1v) is 11.6. The number of aromatic nitrogens is 2. The number of rotatable bonds is 9. The number of aromatic amines is 1. The Balaban J connectivity index is 1.55. The van der Waals surface area contributed by atoms with Gasteiger partial charge in [0.1, 0.15) is 11.6 Å². The maximum absolute atomic E-state index is 13.5. The van der Waals surface area contributed by atoms with Gasteiger partial charge in [-0.2, -0.15) is 0 Å². The van der Waals surface area contributed by atoms with Crippen molar-refractivity contribution < 1.29 is 19.0 Å². The van der Waals surface area contributed by atoms with Crippen molar-refractivity contribution in [2.45, 2.75) is 31.0 Å². The lowest BCUT2D eigenvalue weighted by atomic mass is 9.96. The normalized spacial score (nSPS) is 22.1. The van der Waals surface area contributed by atoms with Crippen molar-refractivity contribution in [2.24, 2.45) is 5.92 Å². The van der Waals surface area contributed by atoms with E-state index >= 15 is 0 Å². The van der Waals surface area contributed by atoms with E-state index in [9.17, 15) is 14.3 Å². The highest BCUT2D eigenvalue weighted by Gasteiger charge is 2.47. The van der Waals surface area contributed by atoms with Gasteiger partial charge in [-0.1, -0.05) is 48.0 Å². The summed E-state index contributed by atoms with van der Waals surface area (Å²) in [6, 6.07) is 14.0. The van der Waals surface area contributed by atoms with E-state index < -0.39 is 17.8 Å². The quantitative estimate of drug-likeness (QED) is 0.348. The Bertz CT molecular complexity index is 1110. The number of hydrogen-bond acceptors (Lipinski definition) is 5. The van der Waals surface area contributed by atoms with Crippen LogP contribution in [-0.2, 0) is 16.1 Å². The van der Waals surface area contributed by atoms with Gasteiger partial charge < -0.3 is 25.5 Å². The molecule has 0 aliphatic heterocycles. The summed E-state index contributed by atoms with van der Waals surface area (Å²) in [4.78, 5) is 20.6. The van der Waals surface area contributed by atoms with Crippen molar-refractivity contribution in [1.29, 1.82) is 0 Å². The summed E-state index contributed by atoms with van der Waals surface area (Å²) in [5.74, 6) is -0.983. The number of nitrogens with one attached hydrogen (secondary N) is 3. The zero-order valence-corrected chi connectivity index (χ0v) is 19.6. The van der Waals surface area contributed by atoms with E-state index in [1.807, 2.05) is 30.3 Å². The van der Waals surface area contributed by atoms with Crippen LogP contribution in [0.1, 0.15) is 23.6 Å². The minimum absolute atomic E-state index is 0.0544. The number of aliphatic hydroxyl groups excluding tert-OH is 1. The number of carbonyl (C=O) groups excluding carboxylic acids is 1. The molecule has 1 amide bonds. The molecule has 180 valence electrons. The van der Waals surface area contributed by atoms with Crippen LogP contribution < -0.4 is 10.6 Å². The molecule has 1 fully saturated rings. The fraction of sp³-hybridized carbons (Fsp3) is 0.360. The standard InChI is InChI=1S/C25H28ClFN4O3/c1-34-10-9-28-25(33)17-12-20(29-13-15-7-8-19(27)18(26)11-15)22(23(17)32)21-14-30-24(31-21)16-5-3-2-4-6-16/h2-8,11,14,17,20,22-23,29,32H,9-10,12-13H2,1H3,(H,28,33)(H,30,31)/t17-,20+,22+,23+/m0/s1. The lowest BCUT2D eigenvalue weighted by Gasteiger charge is -2.22. The molecule has 4 N–H and O–H groups in total. The number of imidazole rings is 1. The van der Waals surface area contributed by atoms with E-state index in [1.54, 1.807) is 25.4 Å². The lowest BCUT2D eigenvalue weighted by molar-refractivity contribution is -0.127. The van der Waals surface area contributed by atoms with E-state index in [0.29, 0.717) is 31.9 Å². The molecule has 0 spiro atoms. The topological polar surface area (TPSA) is 99.3 Å². The summed E-state index contributed by atoms with van der Waals surface area (Å²) in [6.07, 6.45) is 1.23. The molecular formula is C25H28ClFN4O3. The second kappa shape index (κ2) is 11.1. The van der Waals surface area contributed by atoms with E-state index in [1.165, 1.54) is 6.07 Å². The molecule has 1 aromatic heterocycles. The minimum Gasteiger partial charge on any atom is -0.392 e. The number of carbonyl (C=O) groups is 1. The molecule has 1 aliphatic rings. The number of hydrogen-bond donors (Lipinski definition) is 4. The molecule has 0 radical (unpaired) electrons. The molecule has 1 aliphatic carbocycles. The van der Waals surface area contributed by atoms with Crippen molar-refractivity contribution in [3.63, 3.8) is 0 Å². The van der Waals surface area contributed by atoms with Gasteiger partial charge in [-0.3, -0.25) is 4.79 Å². The van der Waals surface area contributed by atoms with E-state index in [0.717, 1.165) is 16.8 Å². The van der Waals surface area contributed by atoms with Crippen molar-refractivity contribution in [2.75, 3.05) is 20.3 Å². The van der Waals surface area contributed by atoms with Gasteiger partial charge in [0, 0.05) is 49.6 Å². The van der Waals surface area contributed by atoms with Gasteiger partial charge >= 0.3 is 0 Å². The Hall–Kier alpha value is -2.78. The van der Waals surface area contributed by atoms with Crippen molar-refractivity contribution in [3.8, 4) is 11.4 Å². The maximum atomic E-state index is 13.5. The highest BCUT2D eigenvalue weighted by atomic mass is 35.5. The zero-order chi connectivity index (χ0) is 24.1. The van der Waals surface area contributed by atoms with Gasteiger partial charge in [-0.25, -0.2) is 9.37 Å². The molecule has 2 aromatic carbocycles. The Labute approximate surface area is 202 Å². The fourth-order valence-electron chi connectivity index (χ4n) is 4.47. The first-order valence-electron chi connectivity index (χ1n) is 11.2. The van der Waals surface area contributed by atoms with E-state index in [-0.39, 0.29) is 22.9 Å². The molecule has 3 aromatic rings. The van der Waals surface area contributed by atoms with Crippen LogP contribution >= 0.6 is 11.6 Å². The molecule has 0 bridgehead atoms. The molecule has 4 atom stereocenters. The summed E-state index contributed by atoms with van der Waals surface area (Å²) in [7, 11) is 1.57. The SMILES string of the molecule is COCCNC(=O)[C@H]1C[C@@H](NCc2ccc(F)c(Cl)c2)[C@H](c2cnc(-c3ccccc3)[nH]2)[C@@H]1O. The Morgan fingerprint density at radius 3 is 2.82 bits per heavy atom. The summed E-state index contributed by atoms with van der Waals surface area (Å²) in [6.45, 7) is 1.18. The number of H-pyrrole nitrogens is 1. The number of benzene rings is 2. The number of methoxy groups -OCH3 is 1. The average Bonchev–Trinajstić information content (AvgIpc) is 3.45. The molecule has 1 heterocycles. The highest BCUT2D eigenvalue weighted by Crippen LogP contribution is 2.39. The van der Waals surface area contributed by atoms with Gasteiger partial charge in [0.15, 0.2) is 0 Å². The molecular weight excluding hydrogens is 459 g/mol. The van der Waals surface area contributed by atoms with E-state index in [4.69, 9.17) is 16.3 Å². The summed E-state index contributed by atoms with van der Waals surface area (Å²) in [5, 5.41) is 17.5. The van der Waals surface area contributed by atoms with Crippen LogP contribution in [0, 0.1) is 11.7 Å². The molecule has 4 rings (SSSR count). The van der Waals surface area contributed by atoms with E-state index in [2.05, 4.69) is 20.6 Å². The Kier molecular flexibility index (Phi) is 7.95. The average molecular weight is 487 g/mol. The van der Waals surface area contributed by atoms with Gasteiger partial charge in [-0.05, 0) is 24.1 Å². The molecule has 34 heavy (non-hydrogen) atoms. The van der Waals surface area contributed by atoms with Crippen LogP contribution in [0.2, 0.25) is 5.02 Å². The first kappa shape index (κ1) is 24.3. The number of ether oxygens (including phenoxy) is 1. The lowest BCUT2D eigenvalue weighted by Crippen LogP contribution is -2.37. The molecule has 0 saturated heterocycles. The van der Waals surface area contributed by atoms with Crippen molar-refractivity contribution in [3.05, 3.63) is 76.8 Å². The van der Waals surface area contributed by atoms with Gasteiger partial charge in [0.25, 0.3) is 0 Å². The van der Waals surface area contributed by atoms with Crippen LogP contribution in [0.25, 0.3) is 11.4 Å². The summed E-state index contributed by atoms with van der Waals surface area (Å²) < 4.78 is 18.5. The summed E-state index contributed by atoms with van der Waals surface area (Å²) >= 11 is 5.92. The second-order valence-electron chi connectivity index (χ2n) is 8.43. The number of aliphatic hydroxyl groups is 1. The zero-order valence-electron chi connectivity index (χ0n) is 18.8. The number of nitrogens with zero attached hydrogens (tertiary/aromatic N) is 1. The van der Waals surface area contributed by atoms with Crippen LogP contribution in [-0.4, -0.2) is 53.4 Å². The highest BCUT2D eigenvalue weighted by molar-refractivity contribution is 6.30. The fourth-order valence-corrected chi connectivity index (χ4v) is 4.68. The number of amides is 1. The van der Waals surface area contributed by atoms with Gasteiger partial charge in [0.05, 0.1) is 23.7 Å². The maximum Gasteiger partial charge on any atom is 0.225 e. The summed E-state index contributed by atoms with van der Waals surface area (Å²) in [5.41, 5.74) is 2.48. The monoisotopic (exact) mass is 486 g/mol. The molecule has 9 heteroatoms. The largest absolute Gasteiger partial charge is 0.392 e. The molecule has 1 saturated carbocycles. The third-order valence-electron chi connectivity index (χ3n) is 6.22. The van der Waals surface area contributed by atoms with Gasteiger partial charge in [0.2, 0.25) is 5.91 Å². The minimum atomic E-state index is -0.916. The smallest absolute Gasteiger partial charge is 0.225 e. The van der Waals surface area contributed by atoms with Crippen LogP contribution in [0.15, 0.2) is 54.7 Å². The second-order valence-corrected chi connectivity index (χ2v) is 8.84. The Morgan fingerprint density at radius 2 is 2.09 bits per heavy atom. The first-order chi connectivity index (χ1) is 16.5. The molecule has 7 nitrogen and oxygen atoms in total. The third kappa shape index (κ3) is 5.47. The van der Waals surface area contributed by atoms with Gasteiger partial charge in [-0.15, -0.1) is 0 Å².